The molecule has 0 aromatic heterocycles. The van der Waals surface area contributed by atoms with Crippen LogP contribution in [-0.2, 0) is 13.1 Å². The van der Waals surface area contributed by atoms with Crippen LogP contribution in [0.2, 0.25) is 0 Å². The number of rotatable bonds is 10. The third-order valence-electron chi connectivity index (χ3n) is 6.31. The van der Waals surface area contributed by atoms with E-state index in [9.17, 15) is 15.3 Å². The largest absolute Gasteiger partial charge is 0.491 e. The standard InChI is InChI=1S/C27H39N3O4/c1-19(2)34-26-10-7-23(8-11-26)17-28-22(5)30(18-24-9-6-20(3)16-21(24)4)25-12-14-29(15-13-25)27(31,32)33/h6-11,16,19,25,28,31-33H,5,12-15,17-18H2,1-4H3. The second-order valence-corrected chi connectivity index (χ2v) is 9.49. The van der Waals surface area contributed by atoms with Crippen molar-refractivity contribution in [3.63, 3.8) is 0 Å². The Labute approximate surface area is 203 Å². The van der Waals surface area contributed by atoms with Crippen LogP contribution >= 0.6 is 0 Å². The van der Waals surface area contributed by atoms with Crippen molar-refractivity contribution in [2.75, 3.05) is 13.1 Å². The third-order valence-corrected chi connectivity index (χ3v) is 6.31. The highest BCUT2D eigenvalue weighted by Crippen LogP contribution is 2.25. The van der Waals surface area contributed by atoms with Gasteiger partial charge < -0.3 is 30.3 Å². The van der Waals surface area contributed by atoms with Gasteiger partial charge >= 0.3 is 6.10 Å². The summed E-state index contributed by atoms with van der Waals surface area (Å²) in [5, 5.41) is 32.1. The van der Waals surface area contributed by atoms with E-state index in [-0.39, 0.29) is 12.1 Å². The van der Waals surface area contributed by atoms with Crippen molar-refractivity contribution in [2.45, 2.75) is 71.9 Å². The Morgan fingerprint density at radius 2 is 1.76 bits per heavy atom. The minimum absolute atomic E-state index is 0.140. The summed E-state index contributed by atoms with van der Waals surface area (Å²) >= 11 is 0. The Morgan fingerprint density at radius 1 is 1.12 bits per heavy atom. The number of likely N-dealkylation sites (tertiary alicyclic amines) is 1. The van der Waals surface area contributed by atoms with Crippen molar-refractivity contribution >= 4 is 0 Å². The molecule has 7 nitrogen and oxygen atoms in total. The maximum Gasteiger partial charge on any atom is 0.345 e. The number of hydrogen-bond donors (Lipinski definition) is 4. The molecule has 0 aliphatic carbocycles. The molecule has 0 spiro atoms. The summed E-state index contributed by atoms with van der Waals surface area (Å²) in [6.45, 7) is 14.7. The Morgan fingerprint density at radius 3 is 2.32 bits per heavy atom. The van der Waals surface area contributed by atoms with E-state index in [4.69, 9.17) is 4.74 Å². The van der Waals surface area contributed by atoms with Crippen molar-refractivity contribution in [1.29, 1.82) is 0 Å². The van der Waals surface area contributed by atoms with Gasteiger partial charge in [0.05, 0.1) is 11.9 Å². The van der Waals surface area contributed by atoms with Gasteiger partial charge in [-0.3, -0.25) is 0 Å². The lowest BCUT2D eigenvalue weighted by Gasteiger charge is -2.42. The number of benzene rings is 2. The maximum atomic E-state index is 9.54. The van der Waals surface area contributed by atoms with Gasteiger partial charge in [-0.05, 0) is 69.4 Å². The predicted octanol–water partition coefficient (Wildman–Crippen LogP) is 3.21. The van der Waals surface area contributed by atoms with Gasteiger partial charge in [-0.15, -0.1) is 0 Å². The van der Waals surface area contributed by atoms with E-state index >= 15 is 0 Å². The molecule has 0 radical (unpaired) electrons. The molecule has 34 heavy (non-hydrogen) atoms. The summed E-state index contributed by atoms with van der Waals surface area (Å²) < 4.78 is 5.73. The van der Waals surface area contributed by atoms with Crippen LogP contribution < -0.4 is 10.1 Å². The molecular weight excluding hydrogens is 430 g/mol. The first kappa shape index (κ1) is 26.0. The van der Waals surface area contributed by atoms with Gasteiger partial charge in [0, 0.05) is 32.2 Å². The van der Waals surface area contributed by atoms with Crippen LogP contribution in [0.1, 0.15) is 48.9 Å². The fourth-order valence-corrected chi connectivity index (χ4v) is 4.39. The second-order valence-electron chi connectivity index (χ2n) is 9.49. The Bertz CT molecular complexity index is 945. The molecule has 2 aromatic rings. The molecule has 1 aliphatic heterocycles. The van der Waals surface area contributed by atoms with Crippen molar-refractivity contribution in [1.82, 2.24) is 15.1 Å². The first-order valence-electron chi connectivity index (χ1n) is 12.0. The lowest BCUT2D eigenvalue weighted by Crippen LogP contribution is -2.55. The van der Waals surface area contributed by atoms with Gasteiger partial charge in [0.15, 0.2) is 0 Å². The van der Waals surface area contributed by atoms with Gasteiger partial charge in [-0.25, -0.2) is 4.90 Å². The van der Waals surface area contributed by atoms with E-state index in [1.807, 2.05) is 38.1 Å². The summed E-state index contributed by atoms with van der Waals surface area (Å²) in [5.74, 6) is 1.68. The highest BCUT2D eigenvalue weighted by Gasteiger charge is 2.35. The monoisotopic (exact) mass is 469 g/mol. The Hall–Kier alpha value is -2.58. The summed E-state index contributed by atoms with van der Waals surface area (Å²) in [5.41, 5.74) is 4.82. The second kappa shape index (κ2) is 11.2. The molecule has 3 rings (SSSR count). The first-order valence-corrected chi connectivity index (χ1v) is 12.0. The molecule has 2 aromatic carbocycles. The minimum Gasteiger partial charge on any atom is -0.491 e. The van der Waals surface area contributed by atoms with E-state index in [1.54, 1.807) is 0 Å². The molecule has 0 bridgehead atoms. The van der Waals surface area contributed by atoms with Crippen LogP contribution in [0.25, 0.3) is 0 Å². The average Bonchev–Trinajstić information content (AvgIpc) is 2.77. The number of piperidine rings is 1. The fourth-order valence-electron chi connectivity index (χ4n) is 4.39. The van der Waals surface area contributed by atoms with E-state index in [0.717, 1.165) is 17.1 Å². The summed E-state index contributed by atoms with van der Waals surface area (Å²) in [4.78, 5) is 3.54. The van der Waals surface area contributed by atoms with Gasteiger partial charge in [-0.1, -0.05) is 42.5 Å². The van der Waals surface area contributed by atoms with Crippen LogP contribution in [0.3, 0.4) is 0 Å². The lowest BCUT2D eigenvalue weighted by atomic mass is 10.0. The average molecular weight is 470 g/mol. The molecule has 0 unspecified atom stereocenters. The van der Waals surface area contributed by atoms with Gasteiger partial charge in [0.1, 0.15) is 5.75 Å². The highest BCUT2D eigenvalue weighted by molar-refractivity contribution is 5.31. The Balaban J connectivity index is 1.70. The smallest absolute Gasteiger partial charge is 0.345 e. The van der Waals surface area contributed by atoms with Crippen LogP contribution in [0, 0.1) is 13.8 Å². The van der Waals surface area contributed by atoms with Gasteiger partial charge in [-0.2, -0.15) is 0 Å². The summed E-state index contributed by atoms with van der Waals surface area (Å²) in [6, 6.07) is 14.7. The quantitative estimate of drug-likeness (QED) is 0.398. The Kier molecular flexibility index (Phi) is 8.60. The molecule has 0 atom stereocenters. The number of aliphatic hydroxyl groups is 3. The number of nitrogens with one attached hydrogen (secondary N) is 1. The normalized spacial score (nSPS) is 15.4. The zero-order chi connectivity index (χ0) is 24.9. The van der Waals surface area contributed by atoms with Crippen LogP contribution in [0.5, 0.6) is 5.75 Å². The van der Waals surface area contributed by atoms with Gasteiger partial charge in [0.2, 0.25) is 0 Å². The van der Waals surface area contributed by atoms with Crippen LogP contribution in [-0.4, -0.2) is 56.5 Å². The fraction of sp³-hybridized carbons (Fsp3) is 0.481. The van der Waals surface area contributed by atoms with Gasteiger partial charge in [0.25, 0.3) is 0 Å². The third kappa shape index (κ3) is 7.21. The van der Waals surface area contributed by atoms with E-state index in [1.165, 1.54) is 21.6 Å². The zero-order valence-corrected chi connectivity index (χ0v) is 20.8. The molecule has 7 heteroatoms. The molecule has 1 heterocycles. The number of aryl methyl sites for hydroxylation is 2. The number of nitrogens with zero attached hydrogens (tertiary/aromatic N) is 2. The molecule has 0 saturated carbocycles. The van der Waals surface area contributed by atoms with Crippen molar-refractivity contribution in [3.05, 3.63) is 77.1 Å². The minimum atomic E-state index is -2.77. The van der Waals surface area contributed by atoms with Crippen molar-refractivity contribution in [3.8, 4) is 5.75 Å². The first-order chi connectivity index (χ1) is 16.0. The zero-order valence-electron chi connectivity index (χ0n) is 20.8. The molecule has 1 fully saturated rings. The number of ether oxygens (including phenoxy) is 1. The van der Waals surface area contributed by atoms with Crippen LogP contribution in [0.15, 0.2) is 54.9 Å². The molecule has 1 saturated heterocycles. The SMILES string of the molecule is C=C(NCc1ccc(OC(C)C)cc1)N(Cc1ccc(C)cc1C)C1CCN(C(O)(O)O)CC1. The number of hydrogen-bond acceptors (Lipinski definition) is 7. The predicted molar refractivity (Wildman–Crippen MR) is 134 cm³/mol. The van der Waals surface area contributed by atoms with E-state index in [0.29, 0.717) is 39.0 Å². The molecule has 0 amide bonds. The highest BCUT2D eigenvalue weighted by atomic mass is 16.7. The topological polar surface area (TPSA) is 88.4 Å². The summed E-state index contributed by atoms with van der Waals surface area (Å²) in [6.07, 6.45) is -1.28. The summed E-state index contributed by atoms with van der Waals surface area (Å²) in [7, 11) is 0. The van der Waals surface area contributed by atoms with Crippen LogP contribution in [0.4, 0.5) is 0 Å². The molecular formula is C27H39N3O4. The molecule has 1 aliphatic rings. The molecule has 186 valence electrons. The van der Waals surface area contributed by atoms with E-state index in [2.05, 4.69) is 48.8 Å². The van der Waals surface area contributed by atoms with Crippen molar-refractivity contribution in [2.24, 2.45) is 0 Å². The maximum absolute atomic E-state index is 9.54. The molecule has 4 N–H and O–H groups in total. The lowest BCUT2D eigenvalue weighted by molar-refractivity contribution is -0.396. The van der Waals surface area contributed by atoms with Crippen molar-refractivity contribution < 1.29 is 20.1 Å². The van der Waals surface area contributed by atoms with E-state index < -0.39 is 6.10 Å².